The molecule has 11 heteroatoms. The van der Waals surface area contributed by atoms with E-state index >= 15 is 0 Å². The Morgan fingerprint density at radius 1 is 0.674 bits per heavy atom. The Kier molecular flexibility index (Phi) is 12.6. The molecular weight excluding hydrogens is 594 g/mol. The van der Waals surface area contributed by atoms with Crippen molar-refractivity contribution in [2.45, 2.75) is 63.8 Å². The van der Waals surface area contributed by atoms with Gasteiger partial charge in [-0.05, 0) is 56.2 Å². The SMILES string of the molecule is CC(=O)CCCCO[C@@H]1OC(COC(=O)c2ccccc2)[C@@H](OC(=O)c2ccccc2)[C@H](OC(=O)c2ccccc2)C1NC(C)=O. The van der Waals surface area contributed by atoms with E-state index < -0.39 is 61.1 Å². The predicted octanol–water partition coefficient (Wildman–Crippen LogP) is 4.30. The van der Waals surface area contributed by atoms with Crippen molar-refractivity contribution in [3.8, 4) is 0 Å². The summed E-state index contributed by atoms with van der Waals surface area (Å²) >= 11 is 0. The molecule has 0 spiro atoms. The topological polar surface area (TPSA) is 144 Å². The minimum Gasteiger partial charge on any atom is -0.459 e. The van der Waals surface area contributed by atoms with Crippen LogP contribution in [0.25, 0.3) is 0 Å². The van der Waals surface area contributed by atoms with E-state index in [0.717, 1.165) is 0 Å². The van der Waals surface area contributed by atoms with Gasteiger partial charge in [0.2, 0.25) is 5.91 Å². The fourth-order valence-corrected chi connectivity index (χ4v) is 4.87. The quantitative estimate of drug-likeness (QED) is 0.155. The first kappa shape index (κ1) is 34.0. The molecule has 1 fully saturated rings. The summed E-state index contributed by atoms with van der Waals surface area (Å²) in [6.45, 7) is 2.51. The molecule has 0 bridgehead atoms. The number of carbonyl (C=O) groups excluding carboxylic acids is 5. The summed E-state index contributed by atoms with van der Waals surface area (Å²) in [5, 5.41) is 2.73. The van der Waals surface area contributed by atoms with Gasteiger partial charge in [0.15, 0.2) is 18.5 Å². The Balaban J connectivity index is 1.68. The first-order valence-electron chi connectivity index (χ1n) is 15.0. The van der Waals surface area contributed by atoms with Crippen LogP contribution in [-0.4, -0.2) is 73.5 Å². The molecule has 3 aromatic carbocycles. The third-order valence-corrected chi connectivity index (χ3v) is 7.11. The molecule has 2 unspecified atom stereocenters. The van der Waals surface area contributed by atoms with Crippen LogP contribution in [0.4, 0.5) is 0 Å². The molecule has 3 aromatic rings. The van der Waals surface area contributed by atoms with Crippen molar-refractivity contribution in [1.82, 2.24) is 5.32 Å². The van der Waals surface area contributed by atoms with Crippen molar-refractivity contribution in [2.75, 3.05) is 13.2 Å². The molecule has 0 radical (unpaired) electrons. The van der Waals surface area contributed by atoms with Gasteiger partial charge in [-0.2, -0.15) is 0 Å². The van der Waals surface area contributed by atoms with Crippen LogP contribution in [0, 0.1) is 0 Å². The third-order valence-electron chi connectivity index (χ3n) is 7.11. The molecule has 0 aliphatic carbocycles. The number of rotatable bonds is 14. The highest BCUT2D eigenvalue weighted by Gasteiger charge is 2.52. The number of nitrogens with one attached hydrogen (secondary N) is 1. The number of esters is 3. The van der Waals surface area contributed by atoms with Gasteiger partial charge in [0.1, 0.15) is 24.5 Å². The maximum absolute atomic E-state index is 13.4. The van der Waals surface area contributed by atoms with E-state index in [2.05, 4.69) is 5.32 Å². The molecule has 5 atom stereocenters. The number of ketones is 1. The molecular formula is C35H37NO10. The molecule has 1 amide bonds. The molecule has 242 valence electrons. The number of Topliss-reactive ketones (excluding diaryl/α,β-unsaturated/α-hetero) is 1. The lowest BCUT2D eigenvalue weighted by atomic mass is 9.95. The average Bonchev–Trinajstić information content (AvgIpc) is 3.06. The van der Waals surface area contributed by atoms with Gasteiger partial charge in [-0.25, -0.2) is 14.4 Å². The second-order valence-corrected chi connectivity index (χ2v) is 10.7. The van der Waals surface area contributed by atoms with E-state index in [9.17, 15) is 24.0 Å². The van der Waals surface area contributed by atoms with E-state index in [1.165, 1.54) is 13.8 Å². The Bertz CT molecular complexity index is 1460. The fraction of sp³-hybridized carbons (Fsp3) is 0.343. The first-order chi connectivity index (χ1) is 22.2. The number of ether oxygens (including phenoxy) is 5. The lowest BCUT2D eigenvalue weighted by Crippen LogP contribution is -2.66. The molecule has 1 heterocycles. The van der Waals surface area contributed by atoms with Crippen LogP contribution in [0.15, 0.2) is 91.0 Å². The number of unbranched alkanes of at least 4 members (excludes halogenated alkanes) is 1. The van der Waals surface area contributed by atoms with Crippen LogP contribution in [0.2, 0.25) is 0 Å². The normalized spacial score (nSPS) is 20.6. The largest absolute Gasteiger partial charge is 0.459 e. The van der Waals surface area contributed by atoms with Gasteiger partial charge in [-0.3, -0.25) is 4.79 Å². The van der Waals surface area contributed by atoms with Gasteiger partial charge in [0.05, 0.1) is 16.7 Å². The van der Waals surface area contributed by atoms with Gasteiger partial charge in [0.25, 0.3) is 0 Å². The first-order valence-corrected chi connectivity index (χ1v) is 15.0. The van der Waals surface area contributed by atoms with Crippen LogP contribution in [0.1, 0.15) is 64.2 Å². The molecule has 46 heavy (non-hydrogen) atoms. The summed E-state index contributed by atoms with van der Waals surface area (Å²) in [7, 11) is 0. The minimum absolute atomic E-state index is 0.0429. The molecule has 11 nitrogen and oxygen atoms in total. The zero-order valence-corrected chi connectivity index (χ0v) is 25.7. The van der Waals surface area contributed by atoms with Crippen molar-refractivity contribution in [2.24, 2.45) is 0 Å². The highest BCUT2D eigenvalue weighted by atomic mass is 16.7. The van der Waals surface area contributed by atoms with E-state index in [-0.39, 0.29) is 29.1 Å². The number of hydrogen-bond donors (Lipinski definition) is 1. The lowest BCUT2D eigenvalue weighted by Gasteiger charge is -2.45. The fourth-order valence-electron chi connectivity index (χ4n) is 4.87. The maximum Gasteiger partial charge on any atom is 0.338 e. The molecule has 1 saturated heterocycles. The Morgan fingerprint density at radius 3 is 1.67 bits per heavy atom. The molecule has 1 aliphatic heterocycles. The zero-order chi connectivity index (χ0) is 32.9. The molecule has 1 N–H and O–H groups in total. The molecule has 0 aromatic heterocycles. The maximum atomic E-state index is 13.4. The Hall–Kier alpha value is -4.87. The average molecular weight is 632 g/mol. The van der Waals surface area contributed by atoms with Crippen molar-refractivity contribution in [1.29, 1.82) is 0 Å². The van der Waals surface area contributed by atoms with Gasteiger partial charge in [-0.1, -0.05) is 54.6 Å². The number of benzene rings is 3. The zero-order valence-electron chi connectivity index (χ0n) is 25.7. The molecule has 4 rings (SSSR count). The van der Waals surface area contributed by atoms with Crippen molar-refractivity contribution >= 4 is 29.6 Å². The van der Waals surface area contributed by atoms with Crippen LogP contribution in [-0.2, 0) is 33.3 Å². The van der Waals surface area contributed by atoms with Gasteiger partial charge >= 0.3 is 17.9 Å². The molecule has 1 aliphatic rings. The summed E-state index contributed by atoms with van der Waals surface area (Å²) in [5.41, 5.74) is 0.727. The smallest absolute Gasteiger partial charge is 0.338 e. The monoisotopic (exact) mass is 631 g/mol. The van der Waals surface area contributed by atoms with Gasteiger partial charge < -0.3 is 33.8 Å². The van der Waals surface area contributed by atoms with Gasteiger partial charge in [0, 0.05) is 20.0 Å². The van der Waals surface area contributed by atoms with Crippen molar-refractivity contribution in [3.63, 3.8) is 0 Å². The second-order valence-electron chi connectivity index (χ2n) is 10.7. The summed E-state index contributed by atoms with van der Waals surface area (Å²) in [6, 6.07) is 23.5. The summed E-state index contributed by atoms with van der Waals surface area (Å²) < 4.78 is 29.8. The van der Waals surface area contributed by atoms with E-state index in [1.807, 2.05) is 0 Å². The van der Waals surface area contributed by atoms with Crippen LogP contribution >= 0.6 is 0 Å². The van der Waals surface area contributed by atoms with E-state index in [4.69, 9.17) is 23.7 Å². The third kappa shape index (κ3) is 9.82. The summed E-state index contributed by atoms with van der Waals surface area (Å²) in [4.78, 5) is 63.5. The predicted molar refractivity (Wildman–Crippen MR) is 165 cm³/mol. The van der Waals surface area contributed by atoms with Crippen molar-refractivity contribution < 1.29 is 47.7 Å². The van der Waals surface area contributed by atoms with E-state index in [1.54, 1.807) is 91.0 Å². The van der Waals surface area contributed by atoms with Gasteiger partial charge in [-0.15, -0.1) is 0 Å². The number of hydrogen-bond acceptors (Lipinski definition) is 10. The van der Waals surface area contributed by atoms with Crippen LogP contribution in [0.3, 0.4) is 0 Å². The highest BCUT2D eigenvalue weighted by molar-refractivity contribution is 5.91. The minimum atomic E-state index is -1.35. The summed E-state index contributed by atoms with van der Waals surface area (Å²) in [5.74, 6) is -2.59. The molecule has 0 saturated carbocycles. The standard InChI is InChI=1S/C35H37NO10/c1-23(37)14-12-13-21-42-35-29(36-24(2)38)31(46-34(41)27-19-10-5-11-20-27)30(45-33(40)26-17-8-4-9-18-26)28(44-35)22-43-32(39)25-15-6-3-7-16-25/h3-11,15-20,28-31,35H,12-14,21-22H2,1-2H3,(H,36,38)/t28?,29?,30-,31-,35-/m1/s1. The Morgan fingerprint density at radius 2 is 1.17 bits per heavy atom. The number of carbonyl (C=O) groups is 5. The second kappa shape index (κ2) is 17.0. The van der Waals surface area contributed by atoms with Crippen LogP contribution < -0.4 is 5.32 Å². The van der Waals surface area contributed by atoms with Crippen molar-refractivity contribution in [3.05, 3.63) is 108 Å². The highest BCUT2D eigenvalue weighted by Crippen LogP contribution is 2.29. The Labute approximate surface area is 267 Å². The van der Waals surface area contributed by atoms with Crippen LogP contribution in [0.5, 0.6) is 0 Å². The lowest BCUT2D eigenvalue weighted by molar-refractivity contribution is -0.269. The van der Waals surface area contributed by atoms with E-state index in [0.29, 0.717) is 19.3 Å². The summed E-state index contributed by atoms with van der Waals surface area (Å²) in [6.07, 6.45) is -3.63. The number of amides is 1.